The Bertz CT molecular complexity index is 348. The van der Waals surface area contributed by atoms with Crippen molar-refractivity contribution in [2.75, 3.05) is 26.8 Å². The van der Waals surface area contributed by atoms with Crippen molar-refractivity contribution in [3.05, 3.63) is 18.0 Å². The molecule has 5 nitrogen and oxygen atoms in total. The number of methoxy groups -OCH3 is 1. The van der Waals surface area contributed by atoms with Gasteiger partial charge in [-0.3, -0.25) is 4.68 Å². The fraction of sp³-hybridized carbons (Fsp3) is 0.769. The molecular weight excluding hydrogens is 230 g/mol. The molecule has 0 aliphatic heterocycles. The van der Waals surface area contributed by atoms with Crippen molar-refractivity contribution in [2.45, 2.75) is 38.8 Å². The van der Waals surface area contributed by atoms with Gasteiger partial charge in [-0.1, -0.05) is 0 Å². The van der Waals surface area contributed by atoms with Gasteiger partial charge in [-0.05, 0) is 26.8 Å². The van der Waals surface area contributed by atoms with E-state index < -0.39 is 5.60 Å². The van der Waals surface area contributed by atoms with Crippen LogP contribution in [0.25, 0.3) is 0 Å². The van der Waals surface area contributed by atoms with E-state index in [2.05, 4.69) is 24.3 Å². The topological polar surface area (TPSA) is 59.3 Å². The standard InChI is InChI=1S/C13H25N3O2/c1-11(2)16-7-5-12(15-16)9-13(3,17)10-14-6-8-18-4/h5,7,11,14,17H,6,8-10H2,1-4H3. The summed E-state index contributed by atoms with van der Waals surface area (Å²) in [4.78, 5) is 0. The molecule has 0 amide bonds. The smallest absolute Gasteiger partial charge is 0.0799 e. The van der Waals surface area contributed by atoms with E-state index in [9.17, 15) is 5.11 Å². The Balaban J connectivity index is 2.43. The molecule has 1 aromatic heterocycles. The van der Waals surface area contributed by atoms with Crippen molar-refractivity contribution < 1.29 is 9.84 Å². The van der Waals surface area contributed by atoms with Gasteiger partial charge < -0.3 is 15.2 Å². The lowest BCUT2D eigenvalue weighted by Gasteiger charge is -2.22. The highest BCUT2D eigenvalue weighted by Gasteiger charge is 2.21. The minimum atomic E-state index is -0.788. The fourth-order valence-electron chi connectivity index (χ4n) is 1.74. The van der Waals surface area contributed by atoms with E-state index in [4.69, 9.17) is 4.74 Å². The van der Waals surface area contributed by atoms with Gasteiger partial charge >= 0.3 is 0 Å². The molecule has 0 aliphatic rings. The summed E-state index contributed by atoms with van der Waals surface area (Å²) in [5, 5.41) is 17.9. The highest BCUT2D eigenvalue weighted by atomic mass is 16.5. The van der Waals surface area contributed by atoms with Crippen LogP contribution in [-0.4, -0.2) is 47.3 Å². The molecule has 0 aromatic carbocycles. The SMILES string of the molecule is COCCNCC(C)(O)Cc1ccn(C(C)C)n1. The first kappa shape index (κ1) is 15.1. The summed E-state index contributed by atoms with van der Waals surface area (Å²) < 4.78 is 6.85. The van der Waals surface area contributed by atoms with E-state index in [1.54, 1.807) is 7.11 Å². The molecule has 5 heteroatoms. The molecule has 0 aliphatic carbocycles. The van der Waals surface area contributed by atoms with Crippen molar-refractivity contribution in [3.8, 4) is 0 Å². The molecule has 0 radical (unpaired) electrons. The number of ether oxygens (including phenoxy) is 1. The minimum Gasteiger partial charge on any atom is -0.388 e. The Morgan fingerprint density at radius 2 is 2.28 bits per heavy atom. The zero-order chi connectivity index (χ0) is 13.6. The Labute approximate surface area is 109 Å². The predicted molar refractivity (Wildman–Crippen MR) is 71.7 cm³/mol. The largest absolute Gasteiger partial charge is 0.388 e. The summed E-state index contributed by atoms with van der Waals surface area (Å²) in [6.45, 7) is 7.92. The third-order valence-electron chi connectivity index (χ3n) is 2.74. The highest BCUT2D eigenvalue weighted by molar-refractivity contribution is 5.04. The monoisotopic (exact) mass is 255 g/mol. The average molecular weight is 255 g/mol. The first-order valence-corrected chi connectivity index (χ1v) is 6.41. The van der Waals surface area contributed by atoms with Gasteiger partial charge in [0.1, 0.15) is 0 Å². The summed E-state index contributed by atoms with van der Waals surface area (Å²) >= 11 is 0. The lowest BCUT2D eigenvalue weighted by molar-refractivity contribution is 0.0570. The van der Waals surface area contributed by atoms with E-state index in [1.807, 2.05) is 23.9 Å². The Kier molecular flexibility index (Phi) is 5.78. The first-order valence-electron chi connectivity index (χ1n) is 6.41. The molecule has 1 aromatic rings. The van der Waals surface area contributed by atoms with Gasteiger partial charge in [0.15, 0.2) is 0 Å². The maximum atomic E-state index is 10.3. The maximum Gasteiger partial charge on any atom is 0.0799 e. The summed E-state index contributed by atoms with van der Waals surface area (Å²) in [5.41, 5.74) is 0.131. The van der Waals surface area contributed by atoms with Gasteiger partial charge in [-0.15, -0.1) is 0 Å². The summed E-state index contributed by atoms with van der Waals surface area (Å²) in [5.74, 6) is 0. The molecule has 0 spiro atoms. The molecule has 0 saturated heterocycles. The van der Waals surface area contributed by atoms with Crippen molar-refractivity contribution in [3.63, 3.8) is 0 Å². The van der Waals surface area contributed by atoms with Gasteiger partial charge in [-0.2, -0.15) is 5.10 Å². The molecule has 0 fully saturated rings. The van der Waals surface area contributed by atoms with Gasteiger partial charge in [0.2, 0.25) is 0 Å². The Hall–Kier alpha value is -0.910. The lowest BCUT2D eigenvalue weighted by atomic mass is 10.0. The third kappa shape index (κ3) is 5.16. The number of aromatic nitrogens is 2. The number of nitrogens with zero attached hydrogens (tertiary/aromatic N) is 2. The third-order valence-corrected chi connectivity index (χ3v) is 2.74. The van der Waals surface area contributed by atoms with Gasteiger partial charge in [0.05, 0.1) is 17.9 Å². The van der Waals surface area contributed by atoms with Crippen LogP contribution in [0.1, 0.15) is 32.5 Å². The second-order valence-electron chi connectivity index (χ2n) is 5.22. The van der Waals surface area contributed by atoms with Gasteiger partial charge in [0.25, 0.3) is 0 Å². The van der Waals surface area contributed by atoms with Crippen LogP contribution in [-0.2, 0) is 11.2 Å². The van der Waals surface area contributed by atoms with Crippen molar-refractivity contribution in [1.29, 1.82) is 0 Å². The number of rotatable bonds is 8. The van der Waals surface area contributed by atoms with Crippen LogP contribution in [0.3, 0.4) is 0 Å². The lowest BCUT2D eigenvalue weighted by Crippen LogP contribution is -2.40. The molecule has 1 unspecified atom stereocenters. The van der Waals surface area contributed by atoms with Crippen LogP contribution >= 0.6 is 0 Å². The van der Waals surface area contributed by atoms with Crippen LogP contribution in [0.5, 0.6) is 0 Å². The molecule has 0 saturated carbocycles. The molecule has 1 rings (SSSR count). The quantitative estimate of drug-likeness (QED) is 0.680. The Morgan fingerprint density at radius 3 is 2.83 bits per heavy atom. The van der Waals surface area contributed by atoms with Crippen molar-refractivity contribution >= 4 is 0 Å². The van der Waals surface area contributed by atoms with E-state index in [-0.39, 0.29) is 0 Å². The predicted octanol–water partition coefficient (Wildman–Crippen LogP) is 0.993. The van der Waals surface area contributed by atoms with E-state index in [0.29, 0.717) is 25.6 Å². The van der Waals surface area contributed by atoms with Crippen molar-refractivity contribution in [2.24, 2.45) is 0 Å². The molecular formula is C13H25N3O2. The molecule has 104 valence electrons. The number of hydrogen-bond donors (Lipinski definition) is 2. The molecule has 1 atom stereocenters. The molecule has 18 heavy (non-hydrogen) atoms. The van der Waals surface area contributed by atoms with Crippen LogP contribution in [0.15, 0.2) is 12.3 Å². The van der Waals surface area contributed by atoms with E-state index in [0.717, 1.165) is 12.2 Å². The fourth-order valence-corrected chi connectivity index (χ4v) is 1.74. The van der Waals surface area contributed by atoms with Gasteiger partial charge in [0, 0.05) is 38.9 Å². The molecule has 1 heterocycles. The van der Waals surface area contributed by atoms with E-state index in [1.165, 1.54) is 0 Å². The van der Waals surface area contributed by atoms with Crippen LogP contribution in [0.4, 0.5) is 0 Å². The average Bonchev–Trinajstić information content (AvgIpc) is 2.72. The molecule has 2 N–H and O–H groups in total. The van der Waals surface area contributed by atoms with E-state index >= 15 is 0 Å². The summed E-state index contributed by atoms with van der Waals surface area (Å²) in [6.07, 6.45) is 2.50. The maximum absolute atomic E-state index is 10.3. The number of aliphatic hydroxyl groups is 1. The molecule has 0 bridgehead atoms. The summed E-state index contributed by atoms with van der Waals surface area (Å²) in [6, 6.07) is 2.31. The highest BCUT2D eigenvalue weighted by Crippen LogP contribution is 2.12. The van der Waals surface area contributed by atoms with Crippen molar-refractivity contribution in [1.82, 2.24) is 15.1 Å². The Morgan fingerprint density at radius 1 is 1.56 bits per heavy atom. The first-order chi connectivity index (χ1) is 8.44. The zero-order valence-electron chi connectivity index (χ0n) is 11.8. The summed E-state index contributed by atoms with van der Waals surface area (Å²) in [7, 11) is 1.67. The van der Waals surface area contributed by atoms with Crippen LogP contribution in [0, 0.1) is 0 Å². The second kappa shape index (κ2) is 6.87. The van der Waals surface area contributed by atoms with Crippen LogP contribution < -0.4 is 5.32 Å². The zero-order valence-corrected chi connectivity index (χ0v) is 11.8. The number of hydrogen-bond acceptors (Lipinski definition) is 4. The number of nitrogens with one attached hydrogen (secondary N) is 1. The second-order valence-corrected chi connectivity index (χ2v) is 5.22. The van der Waals surface area contributed by atoms with Crippen LogP contribution in [0.2, 0.25) is 0 Å². The normalized spacial score (nSPS) is 15.0. The van der Waals surface area contributed by atoms with Gasteiger partial charge in [-0.25, -0.2) is 0 Å². The minimum absolute atomic E-state index is 0.350.